The number of nitrogens with one attached hydrogen (secondary N) is 1. The highest BCUT2D eigenvalue weighted by Gasteiger charge is 2.10. The molecule has 116 valence electrons. The highest BCUT2D eigenvalue weighted by molar-refractivity contribution is 7.40. The summed E-state index contributed by atoms with van der Waals surface area (Å²) in [5.74, 6) is 0.252. The minimum absolute atomic E-state index is 0.235. The second-order valence-corrected chi connectivity index (χ2v) is 5.49. The van der Waals surface area contributed by atoms with E-state index in [1.807, 2.05) is 24.2 Å². The lowest BCUT2D eigenvalue weighted by atomic mass is 10.1. The van der Waals surface area contributed by atoms with Gasteiger partial charge in [-0.3, -0.25) is 9.42 Å². The number of fused-ring (bicyclic) bond motifs is 1. The Morgan fingerprint density at radius 1 is 1.38 bits per heavy atom. The monoisotopic (exact) mass is 314 g/mol. The summed E-state index contributed by atoms with van der Waals surface area (Å²) in [6.07, 6.45) is 2.73. The van der Waals surface area contributed by atoms with E-state index >= 15 is 0 Å². The molecular formula is C13H19N2O5P. The van der Waals surface area contributed by atoms with Gasteiger partial charge < -0.3 is 15.0 Å². The first-order valence-electron chi connectivity index (χ1n) is 6.40. The summed E-state index contributed by atoms with van der Waals surface area (Å²) in [5.41, 5.74) is 2.11. The Labute approximate surface area is 124 Å². The predicted octanol–water partition coefficient (Wildman–Crippen LogP) is 2.12. The lowest BCUT2D eigenvalue weighted by molar-refractivity contribution is -0.189. The maximum Gasteiger partial charge on any atom is 0.361 e. The van der Waals surface area contributed by atoms with E-state index in [0.717, 1.165) is 29.4 Å². The van der Waals surface area contributed by atoms with Crippen LogP contribution in [0.25, 0.3) is 10.9 Å². The Balaban J connectivity index is 1.85. The molecule has 0 aliphatic carbocycles. The molecule has 0 aliphatic heterocycles. The zero-order chi connectivity index (χ0) is 15.2. The van der Waals surface area contributed by atoms with Gasteiger partial charge in [0.25, 0.3) is 0 Å². The number of likely N-dealkylation sites (N-methyl/N-ethyl adjacent to an activating group) is 1. The molecular weight excluding hydrogens is 295 g/mol. The third-order valence-corrected chi connectivity index (χ3v) is 3.65. The highest BCUT2D eigenvalue weighted by atomic mass is 31.2. The standard InChI is InChI=1S/C13H19N2O5P/c1-15(9-19-21(17)20-18-2)6-5-10-8-14-13-4-3-11(16)7-12(10)13/h3-4,7-8,14,16-17H,5-6,9H2,1-2H3. The van der Waals surface area contributed by atoms with Crippen LogP contribution >= 0.6 is 8.60 Å². The van der Waals surface area contributed by atoms with Crippen molar-refractivity contribution in [3.63, 3.8) is 0 Å². The Morgan fingerprint density at radius 2 is 2.19 bits per heavy atom. The molecule has 0 saturated heterocycles. The van der Waals surface area contributed by atoms with Crippen LogP contribution in [0.15, 0.2) is 24.4 Å². The van der Waals surface area contributed by atoms with Crippen molar-refractivity contribution in [1.82, 2.24) is 9.88 Å². The summed E-state index contributed by atoms with van der Waals surface area (Å²) in [5, 5.41) is 10.6. The van der Waals surface area contributed by atoms with Gasteiger partial charge in [-0.15, -0.1) is 0 Å². The Hall–Kier alpha value is -1.21. The van der Waals surface area contributed by atoms with Gasteiger partial charge in [0.2, 0.25) is 0 Å². The fraction of sp³-hybridized carbons (Fsp3) is 0.385. The molecule has 0 spiro atoms. The van der Waals surface area contributed by atoms with Crippen molar-refractivity contribution >= 4 is 19.5 Å². The van der Waals surface area contributed by atoms with Gasteiger partial charge in [0, 0.05) is 23.6 Å². The number of rotatable bonds is 8. The fourth-order valence-electron chi connectivity index (χ4n) is 1.98. The third kappa shape index (κ3) is 4.64. The van der Waals surface area contributed by atoms with Crippen molar-refractivity contribution in [2.45, 2.75) is 6.42 Å². The number of H-pyrrole nitrogens is 1. The van der Waals surface area contributed by atoms with Crippen LogP contribution in [0.5, 0.6) is 5.75 Å². The summed E-state index contributed by atoms with van der Waals surface area (Å²) in [7, 11) is 1.18. The van der Waals surface area contributed by atoms with Crippen molar-refractivity contribution < 1.29 is 24.1 Å². The topological polar surface area (TPSA) is 87.2 Å². The molecule has 1 aromatic carbocycles. The van der Waals surface area contributed by atoms with Gasteiger partial charge in [0.1, 0.15) is 12.5 Å². The lowest BCUT2D eigenvalue weighted by Crippen LogP contribution is -2.23. The second-order valence-electron chi connectivity index (χ2n) is 4.61. The van der Waals surface area contributed by atoms with Gasteiger partial charge in [-0.05, 0) is 37.2 Å². The first-order chi connectivity index (χ1) is 10.1. The van der Waals surface area contributed by atoms with Crippen LogP contribution in [-0.2, 0) is 20.5 Å². The van der Waals surface area contributed by atoms with Gasteiger partial charge in [0.15, 0.2) is 0 Å². The number of aromatic nitrogens is 1. The Bertz CT molecular complexity index is 577. The van der Waals surface area contributed by atoms with Crippen LogP contribution in [0.4, 0.5) is 0 Å². The maximum atomic E-state index is 9.55. The van der Waals surface area contributed by atoms with E-state index in [9.17, 15) is 10.00 Å². The van der Waals surface area contributed by atoms with Crippen LogP contribution in [0.2, 0.25) is 0 Å². The highest BCUT2D eigenvalue weighted by Crippen LogP contribution is 2.32. The molecule has 21 heavy (non-hydrogen) atoms. The number of hydrogen-bond donors (Lipinski definition) is 3. The van der Waals surface area contributed by atoms with Crippen molar-refractivity contribution in [3.05, 3.63) is 30.0 Å². The summed E-state index contributed by atoms with van der Waals surface area (Å²) in [6, 6.07) is 5.25. The van der Waals surface area contributed by atoms with Gasteiger partial charge in [-0.2, -0.15) is 4.67 Å². The van der Waals surface area contributed by atoms with E-state index < -0.39 is 8.60 Å². The number of benzene rings is 1. The SMILES string of the molecule is COOP(O)OCN(C)CCc1c[nH]c2ccc(O)cc12. The van der Waals surface area contributed by atoms with Crippen molar-refractivity contribution in [2.24, 2.45) is 0 Å². The van der Waals surface area contributed by atoms with Crippen molar-refractivity contribution in [1.29, 1.82) is 0 Å². The maximum absolute atomic E-state index is 9.55. The van der Waals surface area contributed by atoms with Gasteiger partial charge >= 0.3 is 8.60 Å². The molecule has 7 nitrogen and oxygen atoms in total. The molecule has 1 aromatic heterocycles. The quantitative estimate of drug-likeness (QED) is 0.299. The molecule has 2 rings (SSSR count). The van der Waals surface area contributed by atoms with Crippen LogP contribution in [0.3, 0.4) is 0 Å². The van der Waals surface area contributed by atoms with Crippen LogP contribution < -0.4 is 0 Å². The molecule has 1 heterocycles. The second kappa shape index (κ2) is 7.70. The number of phenolic OH excluding ortho intramolecular Hbond substituents is 1. The number of phenols is 1. The molecule has 3 N–H and O–H groups in total. The van der Waals surface area contributed by atoms with E-state index in [2.05, 4.69) is 14.5 Å². The van der Waals surface area contributed by atoms with Crippen LogP contribution in [0, 0.1) is 0 Å². The molecule has 2 aromatic rings. The van der Waals surface area contributed by atoms with Gasteiger partial charge in [-0.25, -0.2) is 4.89 Å². The summed E-state index contributed by atoms with van der Waals surface area (Å²) >= 11 is 0. The Kier molecular flexibility index (Phi) is 5.93. The van der Waals surface area contributed by atoms with Gasteiger partial charge in [-0.1, -0.05) is 0 Å². The minimum Gasteiger partial charge on any atom is -0.508 e. The van der Waals surface area contributed by atoms with E-state index in [1.165, 1.54) is 7.11 Å². The Morgan fingerprint density at radius 3 is 2.95 bits per heavy atom. The lowest BCUT2D eigenvalue weighted by Gasteiger charge is -2.17. The van der Waals surface area contributed by atoms with E-state index in [1.54, 1.807) is 12.1 Å². The smallest absolute Gasteiger partial charge is 0.361 e. The molecule has 0 amide bonds. The zero-order valence-corrected chi connectivity index (χ0v) is 12.8. The van der Waals surface area contributed by atoms with Crippen LogP contribution in [-0.4, -0.2) is 47.3 Å². The largest absolute Gasteiger partial charge is 0.508 e. The van der Waals surface area contributed by atoms with E-state index in [-0.39, 0.29) is 12.5 Å². The number of aromatic amines is 1. The molecule has 0 aliphatic rings. The summed E-state index contributed by atoms with van der Waals surface area (Å²) < 4.78 is 9.52. The predicted molar refractivity (Wildman–Crippen MR) is 79.5 cm³/mol. The first kappa shape index (κ1) is 16.2. The fourth-order valence-corrected chi connectivity index (χ4v) is 2.45. The van der Waals surface area contributed by atoms with Crippen molar-refractivity contribution in [2.75, 3.05) is 27.4 Å². The number of nitrogens with zero attached hydrogens (tertiary/aromatic N) is 1. The first-order valence-corrected chi connectivity index (χ1v) is 7.53. The minimum atomic E-state index is -2.00. The number of hydrogen-bond acceptors (Lipinski definition) is 6. The van der Waals surface area contributed by atoms with Crippen molar-refractivity contribution in [3.8, 4) is 5.75 Å². The third-order valence-electron chi connectivity index (χ3n) is 3.04. The summed E-state index contributed by atoms with van der Waals surface area (Å²) in [6.45, 7) is 0.970. The average molecular weight is 314 g/mol. The van der Waals surface area contributed by atoms with E-state index in [4.69, 9.17) is 4.52 Å². The molecule has 8 heteroatoms. The molecule has 0 saturated carbocycles. The molecule has 1 unspecified atom stereocenters. The molecule has 0 bridgehead atoms. The molecule has 0 fully saturated rings. The van der Waals surface area contributed by atoms with E-state index in [0.29, 0.717) is 0 Å². The number of aromatic hydroxyl groups is 1. The van der Waals surface area contributed by atoms with Gasteiger partial charge in [0.05, 0.1) is 7.11 Å². The summed E-state index contributed by atoms with van der Waals surface area (Å²) in [4.78, 5) is 18.7. The van der Waals surface area contributed by atoms with Crippen LogP contribution in [0.1, 0.15) is 5.56 Å². The molecule has 0 radical (unpaired) electrons. The zero-order valence-electron chi connectivity index (χ0n) is 11.9. The average Bonchev–Trinajstić information content (AvgIpc) is 2.85. The normalized spacial score (nSPS) is 13.1. The molecule has 1 atom stereocenters.